The van der Waals surface area contributed by atoms with E-state index in [9.17, 15) is 9.18 Å². The van der Waals surface area contributed by atoms with Gasteiger partial charge in [-0.3, -0.25) is 4.79 Å². The van der Waals surface area contributed by atoms with Gasteiger partial charge in [-0.15, -0.1) is 0 Å². The molecule has 94 valence electrons. The third-order valence-electron chi connectivity index (χ3n) is 2.81. The van der Waals surface area contributed by atoms with Crippen LogP contribution < -0.4 is 4.90 Å². The Balaban J connectivity index is 2.18. The van der Waals surface area contributed by atoms with Crippen molar-refractivity contribution in [1.82, 2.24) is 0 Å². The zero-order valence-corrected chi connectivity index (χ0v) is 11.5. The maximum Gasteiger partial charge on any atom is 0.227 e. The van der Waals surface area contributed by atoms with Gasteiger partial charge in [0.2, 0.25) is 5.91 Å². The third kappa shape index (κ3) is 2.73. The molecule has 1 unspecified atom stereocenters. The normalized spacial score (nSPS) is 18.9. The van der Waals surface area contributed by atoms with E-state index in [0.29, 0.717) is 28.8 Å². The van der Waals surface area contributed by atoms with Crippen molar-refractivity contribution in [2.75, 3.05) is 18.0 Å². The molecule has 1 aliphatic heterocycles. The molecular weight excluding hydrogens is 350 g/mol. The molecule has 0 aromatic heterocycles. The maximum atomic E-state index is 13.0. The second kappa shape index (κ2) is 5.53. The Morgan fingerprint density at radius 3 is 3.06 bits per heavy atom. The van der Waals surface area contributed by atoms with Crippen LogP contribution in [0.4, 0.5) is 10.1 Å². The van der Waals surface area contributed by atoms with Crippen LogP contribution in [0.25, 0.3) is 10.4 Å². The van der Waals surface area contributed by atoms with Crippen molar-refractivity contribution in [2.45, 2.75) is 6.42 Å². The summed E-state index contributed by atoms with van der Waals surface area (Å²) in [6, 6.07) is 4.33. The number of anilines is 1. The Bertz CT molecular complexity index is 530. The first-order valence-electron chi connectivity index (χ1n) is 5.38. The average molecular weight is 360 g/mol. The fourth-order valence-corrected chi connectivity index (χ4v) is 2.76. The molecule has 1 aliphatic rings. The number of halogens is 2. The number of hydrogen-bond acceptors (Lipinski definition) is 2. The van der Waals surface area contributed by atoms with E-state index in [1.165, 1.54) is 12.1 Å². The molecule has 1 fully saturated rings. The molecule has 5 nitrogen and oxygen atoms in total. The molecule has 2 rings (SSSR count). The van der Waals surface area contributed by atoms with Gasteiger partial charge in [0.15, 0.2) is 0 Å². The van der Waals surface area contributed by atoms with E-state index in [0.717, 1.165) is 0 Å². The quantitative estimate of drug-likeness (QED) is 0.354. The van der Waals surface area contributed by atoms with Crippen LogP contribution in [0, 0.1) is 15.3 Å². The number of nitrogens with zero attached hydrogens (tertiary/aromatic N) is 4. The summed E-state index contributed by atoms with van der Waals surface area (Å²) in [5, 5.41) is 3.49. The van der Waals surface area contributed by atoms with Crippen LogP contribution in [-0.4, -0.2) is 19.0 Å². The number of carbonyl (C=O) groups excluding carboxylic acids is 1. The van der Waals surface area contributed by atoms with E-state index in [4.69, 9.17) is 5.53 Å². The molecule has 0 saturated carbocycles. The summed E-state index contributed by atoms with van der Waals surface area (Å²) in [4.78, 5) is 16.2. The van der Waals surface area contributed by atoms with Crippen molar-refractivity contribution < 1.29 is 9.18 Å². The van der Waals surface area contributed by atoms with Gasteiger partial charge in [-0.1, -0.05) is 5.11 Å². The van der Waals surface area contributed by atoms with E-state index >= 15 is 0 Å². The van der Waals surface area contributed by atoms with Crippen LogP contribution in [0.1, 0.15) is 6.42 Å². The summed E-state index contributed by atoms with van der Waals surface area (Å²) >= 11 is 2.01. The van der Waals surface area contributed by atoms with Crippen molar-refractivity contribution in [3.63, 3.8) is 0 Å². The van der Waals surface area contributed by atoms with Crippen molar-refractivity contribution in [3.05, 3.63) is 38.0 Å². The summed E-state index contributed by atoms with van der Waals surface area (Å²) in [6.45, 7) is 0.829. The minimum absolute atomic E-state index is 0.0161. The van der Waals surface area contributed by atoms with E-state index in [1.807, 2.05) is 22.6 Å². The lowest BCUT2D eigenvalue weighted by Crippen LogP contribution is -2.25. The highest BCUT2D eigenvalue weighted by Crippen LogP contribution is 2.29. The van der Waals surface area contributed by atoms with E-state index < -0.39 is 0 Å². The number of hydrogen-bond donors (Lipinski definition) is 0. The van der Waals surface area contributed by atoms with Crippen LogP contribution in [0.2, 0.25) is 0 Å². The van der Waals surface area contributed by atoms with Crippen LogP contribution in [0.5, 0.6) is 0 Å². The van der Waals surface area contributed by atoms with Crippen molar-refractivity contribution in [2.24, 2.45) is 11.0 Å². The largest absolute Gasteiger partial charge is 0.311 e. The lowest BCUT2D eigenvalue weighted by Gasteiger charge is -2.18. The van der Waals surface area contributed by atoms with Crippen molar-refractivity contribution in [1.29, 1.82) is 0 Å². The SMILES string of the molecule is [N-]=[N+]=NCC1CC(=O)N(c2ccc(F)cc2I)C1. The average Bonchev–Trinajstić information content (AvgIpc) is 2.68. The molecule has 1 amide bonds. The lowest BCUT2D eigenvalue weighted by atomic mass is 10.1. The molecule has 1 aromatic carbocycles. The third-order valence-corrected chi connectivity index (χ3v) is 3.67. The van der Waals surface area contributed by atoms with Crippen LogP contribution in [0.3, 0.4) is 0 Å². The summed E-state index contributed by atoms with van der Waals surface area (Å²) < 4.78 is 13.7. The Kier molecular flexibility index (Phi) is 4.03. The highest BCUT2D eigenvalue weighted by molar-refractivity contribution is 14.1. The van der Waals surface area contributed by atoms with E-state index in [2.05, 4.69) is 10.0 Å². The van der Waals surface area contributed by atoms with Crippen LogP contribution in [-0.2, 0) is 4.79 Å². The van der Waals surface area contributed by atoms with Gasteiger partial charge in [-0.2, -0.15) is 0 Å². The summed E-state index contributed by atoms with van der Waals surface area (Å²) in [6.07, 6.45) is 0.368. The van der Waals surface area contributed by atoms with Crippen LogP contribution in [0.15, 0.2) is 23.3 Å². The Hall–Kier alpha value is -1.34. The fraction of sp³-hybridized carbons (Fsp3) is 0.364. The van der Waals surface area contributed by atoms with Gasteiger partial charge in [-0.05, 0) is 52.2 Å². The molecule has 18 heavy (non-hydrogen) atoms. The summed E-state index contributed by atoms with van der Waals surface area (Å²) in [7, 11) is 0. The molecule has 1 atom stereocenters. The minimum Gasteiger partial charge on any atom is -0.311 e. The molecular formula is C11H10FIN4O. The van der Waals surface area contributed by atoms with Gasteiger partial charge >= 0.3 is 0 Å². The molecule has 7 heteroatoms. The molecule has 0 aliphatic carbocycles. The first-order valence-corrected chi connectivity index (χ1v) is 6.46. The Labute approximate surface area is 117 Å². The molecule has 0 N–H and O–H groups in total. The van der Waals surface area contributed by atoms with Gasteiger partial charge in [0.1, 0.15) is 5.82 Å². The van der Waals surface area contributed by atoms with Crippen molar-refractivity contribution >= 4 is 34.2 Å². The first-order chi connectivity index (χ1) is 8.61. The van der Waals surface area contributed by atoms with Gasteiger partial charge in [-0.25, -0.2) is 4.39 Å². The van der Waals surface area contributed by atoms with Gasteiger partial charge in [0, 0.05) is 28.0 Å². The highest BCUT2D eigenvalue weighted by atomic mass is 127. The lowest BCUT2D eigenvalue weighted by molar-refractivity contribution is -0.117. The molecule has 1 heterocycles. The second-order valence-electron chi connectivity index (χ2n) is 4.08. The van der Waals surface area contributed by atoms with Crippen molar-refractivity contribution in [3.8, 4) is 0 Å². The Morgan fingerprint density at radius 2 is 2.39 bits per heavy atom. The highest BCUT2D eigenvalue weighted by Gasteiger charge is 2.31. The Morgan fingerprint density at radius 1 is 1.61 bits per heavy atom. The zero-order valence-electron chi connectivity index (χ0n) is 9.38. The number of azide groups is 1. The zero-order chi connectivity index (χ0) is 13.1. The number of benzene rings is 1. The fourth-order valence-electron chi connectivity index (χ4n) is 1.99. The second-order valence-corrected chi connectivity index (χ2v) is 5.25. The van der Waals surface area contributed by atoms with E-state index in [1.54, 1.807) is 11.0 Å². The standard InChI is InChI=1S/C11H10FIN4O/c12-8-1-2-10(9(13)4-8)17-6-7(3-11(17)18)5-15-16-14/h1-2,4,7H,3,5-6H2. The first kappa shape index (κ1) is 13.1. The molecule has 1 aromatic rings. The predicted molar refractivity (Wildman–Crippen MR) is 73.6 cm³/mol. The topological polar surface area (TPSA) is 69.1 Å². The van der Waals surface area contributed by atoms with Gasteiger partial charge in [0.25, 0.3) is 0 Å². The smallest absolute Gasteiger partial charge is 0.227 e. The predicted octanol–water partition coefficient (Wildman–Crippen LogP) is 3.09. The maximum absolute atomic E-state index is 13.0. The summed E-state index contributed by atoms with van der Waals surface area (Å²) in [5.41, 5.74) is 8.98. The number of rotatable bonds is 3. The molecule has 0 radical (unpaired) electrons. The number of carbonyl (C=O) groups is 1. The van der Waals surface area contributed by atoms with Gasteiger partial charge < -0.3 is 4.90 Å². The van der Waals surface area contributed by atoms with Gasteiger partial charge in [0.05, 0.1) is 5.69 Å². The van der Waals surface area contributed by atoms with E-state index in [-0.39, 0.29) is 17.6 Å². The monoisotopic (exact) mass is 360 g/mol. The van der Waals surface area contributed by atoms with Crippen LogP contribution >= 0.6 is 22.6 Å². The molecule has 1 saturated heterocycles. The summed E-state index contributed by atoms with van der Waals surface area (Å²) in [5.74, 6) is -0.299. The molecule has 0 spiro atoms. The minimum atomic E-state index is -0.319. The molecule has 0 bridgehead atoms. The number of amides is 1.